The van der Waals surface area contributed by atoms with Gasteiger partial charge in [0.2, 0.25) is 0 Å². The number of aromatic nitrogens is 3. The number of anilines is 1. The number of amides is 1. The van der Waals surface area contributed by atoms with Crippen molar-refractivity contribution >= 4 is 17.2 Å². The highest BCUT2D eigenvalue weighted by atomic mass is 19.4. The lowest BCUT2D eigenvalue weighted by Crippen LogP contribution is -2.16. The van der Waals surface area contributed by atoms with E-state index in [9.17, 15) is 26.7 Å². The normalized spacial score (nSPS) is 14.2. The highest BCUT2D eigenvalue weighted by Crippen LogP contribution is 2.41. The summed E-state index contributed by atoms with van der Waals surface area (Å²) < 4.78 is 75.2. The Morgan fingerprint density at radius 2 is 1.97 bits per heavy atom. The molecule has 164 valence electrons. The van der Waals surface area contributed by atoms with Crippen LogP contribution in [0.5, 0.6) is 11.5 Å². The number of hydrogen-bond acceptors (Lipinski definition) is 5. The quantitative estimate of drug-likeness (QED) is 0.570. The van der Waals surface area contributed by atoms with Crippen molar-refractivity contribution in [1.82, 2.24) is 14.6 Å². The summed E-state index contributed by atoms with van der Waals surface area (Å²) in [5, 5.41) is 6.17. The van der Waals surface area contributed by atoms with Gasteiger partial charge in [-0.1, -0.05) is 0 Å². The summed E-state index contributed by atoms with van der Waals surface area (Å²) in [4.78, 5) is 17.0. The molecule has 1 aliphatic rings. The van der Waals surface area contributed by atoms with E-state index >= 15 is 0 Å². The minimum Gasteiger partial charge on any atom is -0.493 e. The average Bonchev–Trinajstić information content (AvgIpc) is 3.46. The number of benzene rings is 1. The molecule has 0 bridgehead atoms. The van der Waals surface area contributed by atoms with Gasteiger partial charge >= 0.3 is 12.8 Å². The van der Waals surface area contributed by atoms with Gasteiger partial charge in [0.05, 0.1) is 13.3 Å². The fourth-order valence-corrected chi connectivity index (χ4v) is 3.07. The van der Waals surface area contributed by atoms with E-state index in [-0.39, 0.29) is 40.0 Å². The minimum absolute atomic E-state index is 0.0635. The van der Waals surface area contributed by atoms with Crippen molar-refractivity contribution in [2.75, 3.05) is 12.4 Å². The predicted octanol–water partition coefficient (Wildman–Crippen LogP) is 4.49. The van der Waals surface area contributed by atoms with Crippen LogP contribution in [0.25, 0.3) is 5.65 Å². The number of nitrogens with zero attached hydrogens (tertiary/aromatic N) is 3. The highest BCUT2D eigenvalue weighted by Gasteiger charge is 2.38. The molecule has 2 heterocycles. The molecule has 1 fully saturated rings. The second-order valence-corrected chi connectivity index (χ2v) is 6.83. The molecule has 12 heteroatoms. The van der Waals surface area contributed by atoms with Crippen LogP contribution in [0.3, 0.4) is 0 Å². The number of fused-ring (bicyclic) bond motifs is 1. The zero-order valence-corrected chi connectivity index (χ0v) is 15.9. The average molecular weight is 442 g/mol. The standard InChI is InChI=1S/C19H15F5N4O3/c1-30-14-6-10(4-5-13(14)31-18(20)21)26-17(29)11-8-25-28-15(19(22,23)24)7-12(9-2-3-9)27-16(11)28/h4-9,18H,2-3H2,1H3,(H,26,29). The molecule has 1 saturated carbocycles. The summed E-state index contributed by atoms with van der Waals surface area (Å²) in [6, 6.07) is 4.65. The van der Waals surface area contributed by atoms with Gasteiger partial charge in [-0.3, -0.25) is 4.79 Å². The van der Waals surface area contributed by atoms with Crippen LogP contribution in [0.15, 0.2) is 30.5 Å². The van der Waals surface area contributed by atoms with Crippen LogP contribution < -0.4 is 14.8 Å². The Labute approximate surface area is 171 Å². The van der Waals surface area contributed by atoms with Crippen molar-refractivity contribution in [3.8, 4) is 11.5 Å². The van der Waals surface area contributed by atoms with Crippen LogP contribution in [0, 0.1) is 0 Å². The minimum atomic E-state index is -4.68. The smallest absolute Gasteiger partial charge is 0.433 e. The Balaban J connectivity index is 1.68. The van der Waals surface area contributed by atoms with E-state index in [0.29, 0.717) is 4.52 Å². The SMILES string of the molecule is COc1cc(NC(=O)c2cnn3c(C(F)(F)F)cc(C4CC4)nc23)ccc1OC(F)F. The third kappa shape index (κ3) is 4.23. The summed E-state index contributed by atoms with van der Waals surface area (Å²) in [6.07, 6.45) is -2.24. The monoisotopic (exact) mass is 442 g/mol. The summed E-state index contributed by atoms with van der Waals surface area (Å²) >= 11 is 0. The van der Waals surface area contributed by atoms with Crippen LogP contribution >= 0.6 is 0 Å². The maximum absolute atomic E-state index is 13.5. The number of carbonyl (C=O) groups is 1. The van der Waals surface area contributed by atoms with Crippen molar-refractivity contribution in [3.63, 3.8) is 0 Å². The molecule has 0 aliphatic heterocycles. The van der Waals surface area contributed by atoms with Gasteiger partial charge in [0.15, 0.2) is 17.1 Å². The van der Waals surface area contributed by atoms with Gasteiger partial charge in [-0.15, -0.1) is 0 Å². The van der Waals surface area contributed by atoms with Gasteiger partial charge in [0.25, 0.3) is 5.91 Å². The molecular formula is C19H15F5N4O3. The molecule has 1 aliphatic carbocycles. The first-order valence-electron chi connectivity index (χ1n) is 9.07. The summed E-state index contributed by atoms with van der Waals surface area (Å²) in [5.41, 5.74) is -1.01. The van der Waals surface area contributed by atoms with E-state index in [0.717, 1.165) is 25.1 Å². The number of rotatable bonds is 6. The third-order valence-electron chi connectivity index (χ3n) is 4.66. The predicted molar refractivity (Wildman–Crippen MR) is 97.5 cm³/mol. The van der Waals surface area contributed by atoms with Crippen LogP contribution in [0.1, 0.15) is 40.5 Å². The maximum atomic E-state index is 13.5. The molecule has 1 N–H and O–H groups in total. The van der Waals surface area contributed by atoms with E-state index in [1.165, 1.54) is 25.3 Å². The zero-order valence-electron chi connectivity index (χ0n) is 15.9. The number of alkyl halides is 5. The summed E-state index contributed by atoms with van der Waals surface area (Å²) in [6.45, 7) is -3.07. The Morgan fingerprint density at radius 3 is 2.58 bits per heavy atom. The second-order valence-electron chi connectivity index (χ2n) is 6.83. The summed E-state index contributed by atoms with van der Waals surface area (Å²) in [7, 11) is 1.23. The third-order valence-corrected chi connectivity index (χ3v) is 4.66. The lowest BCUT2D eigenvalue weighted by atomic mass is 10.2. The highest BCUT2D eigenvalue weighted by molar-refractivity contribution is 6.08. The van der Waals surface area contributed by atoms with Gasteiger partial charge < -0.3 is 14.8 Å². The molecule has 1 aromatic carbocycles. The van der Waals surface area contributed by atoms with Crippen molar-refractivity contribution < 1.29 is 36.2 Å². The topological polar surface area (TPSA) is 77.8 Å². The van der Waals surface area contributed by atoms with E-state index in [1.54, 1.807) is 0 Å². The van der Waals surface area contributed by atoms with Gasteiger partial charge in [-0.25, -0.2) is 9.50 Å². The number of ether oxygens (including phenoxy) is 2. The number of halogens is 5. The lowest BCUT2D eigenvalue weighted by molar-refractivity contribution is -0.142. The van der Waals surface area contributed by atoms with Crippen molar-refractivity contribution in [1.29, 1.82) is 0 Å². The molecule has 0 saturated heterocycles. The molecule has 31 heavy (non-hydrogen) atoms. The fraction of sp³-hybridized carbons (Fsp3) is 0.316. The first kappa shape index (κ1) is 20.8. The van der Waals surface area contributed by atoms with E-state index in [2.05, 4.69) is 20.1 Å². The van der Waals surface area contributed by atoms with Crippen LogP contribution in [0.4, 0.5) is 27.6 Å². The van der Waals surface area contributed by atoms with Crippen LogP contribution in [0.2, 0.25) is 0 Å². The Hall–Kier alpha value is -3.44. The second kappa shape index (κ2) is 7.67. The number of nitrogens with one attached hydrogen (secondary N) is 1. The van der Waals surface area contributed by atoms with E-state index in [1.807, 2.05) is 0 Å². The van der Waals surface area contributed by atoms with Crippen LogP contribution in [-0.2, 0) is 6.18 Å². The van der Waals surface area contributed by atoms with Gasteiger partial charge in [0, 0.05) is 23.4 Å². The first-order valence-corrected chi connectivity index (χ1v) is 9.07. The number of methoxy groups -OCH3 is 1. The van der Waals surface area contributed by atoms with Gasteiger partial charge in [-0.2, -0.15) is 27.1 Å². The van der Waals surface area contributed by atoms with Crippen molar-refractivity contribution in [2.24, 2.45) is 0 Å². The van der Waals surface area contributed by atoms with E-state index < -0.39 is 24.4 Å². The Bertz CT molecular complexity index is 1140. The van der Waals surface area contributed by atoms with Gasteiger partial charge in [0.1, 0.15) is 11.3 Å². The lowest BCUT2D eigenvalue weighted by Gasteiger charge is -2.12. The number of hydrogen-bond donors (Lipinski definition) is 1. The zero-order chi connectivity index (χ0) is 22.3. The fourth-order valence-electron chi connectivity index (χ4n) is 3.07. The molecule has 0 spiro atoms. The van der Waals surface area contributed by atoms with Crippen LogP contribution in [-0.4, -0.2) is 34.2 Å². The van der Waals surface area contributed by atoms with Crippen molar-refractivity contribution in [3.05, 3.63) is 47.4 Å². The van der Waals surface area contributed by atoms with E-state index in [4.69, 9.17) is 4.74 Å². The molecule has 2 aromatic heterocycles. The molecular weight excluding hydrogens is 427 g/mol. The molecule has 0 unspecified atom stereocenters. The molecule has 7 nitrogen and oxygen atoms in total. The summed E-state index contributed by atoms with van der Waals surface area (Å²) in [5.74, 6) is -1.15. The van der Waals surface area contributed by atoms with Crippen molar-refractivity contribution in [2.45, 2.75) is 31.5 Å². The molecule has 0 radical (unpaired) electrons. The molecule has 1 amide bonds. The maximum Gasteiger partial charge on any atom is 0.433 e. The Morgan fingerprint density at radius 1 is 1.23 bits per heavy atom. The first-order chi connectivity index (χ1) is 14.7. The molecule has 0 atom stereocenters. The molecule has 4 rings (SSSR count). The largest absolute Gasteiger partial charge is 0.493 e. The Kier molecular flexibility index (Phi) is 5.15. The molecule has 3 aromatic rings. The number of carbonyl (C=O) groups excluding carboxylic acids is 1. The van der Waals surface area contributed by atoms with Gasteiger partial charge in [-0.05, 0) is 31.0 Å².